The third-order valence-corrected chi connectivity index (χ3v) is 2.96. The van der Waals surface area contributed by atoms with Gasteiger partial charge in [-0.25, -0.2) is 0 Å². The fraction of sp³-hybridized carbons (Fsp3) is 0. The summed E-state index contributed by atoms with van der Waals surface area (Å²) >= 11 is 3.25. The highest BCUT2D eigenvalue weighted by molar-refractivity contribution is 9.10. The lowest BCUT2D eigenvalue weighted by molar-refractivity contribution is 0.485. The van der Waals surface area contributed by atoms with Crippen LogP contribution in [-0.2, 0) is 10.3 Å². The topological polar surface area (TPSA) is 55.7 Å². The summed E-state index contributed by atoms with van der Waals surface area (Å²) in [5, 5.41) is 0. The van der Waals surface area contributed by atoms with Crippen LogP contribution < -0.4 is 4.18 Å². The van der Waals surface area contributed by atoms with Crippen LogP contribution in [0.15, 0.2) is 27.1 Å². The van der Waals surface area contributed by atoms with Gasteiger partial charge in [0.1, 0.15) is 0 Å². The lowest BCUT2D eigenvalue weighted by atomic mass is 10.2. The highest BCUT2D eigenvalue weighted by Gasteiger charge is 2.19. The molecule has 0 radical (unpaired) electrons. The minimum atomic E-state index is -3.76. The maximum Gasteiger partial charge on any atom is 0.428 e. The van der Waals surface area contributed by atoms with Gasteiger partial charge in [-0.05, 0) is 28.1 Å². The fourth-order valence-electron chi connectivity index (χ4n) is 0.967. The second kappa shape index (κ2) is 2.81. The van der Waals surface area contributed by atoms with Gasteiger partial charge in [0.15, 0.2) is 5.75 Å². The van der Waals surface area contributed by atoms with Gasteiger partial charge in [-0.3, -0.25) is 0 Å². The predicted molar refractivity (Wildman–Crippen MR) is 51.3 cm³/mol. The van der Waals surface area contributed by atoms with Gasteiger partial charge in [0, 0.05) is 4.47 Å². The molecule has 1 aliphatic heterocycles. The third kappa shape index (κ3) is 1.59. The molecule has 0 amide bonds. The van der Waals surface area contributed by atoms with Crippen molar-refractivity contribution in [1.82, 2.24) is 0 Å². The van der Waals surface area contributed by atoms with E-state index in [-0.39, 0.29) is 0 Å². The first-order valence-electron chi connectivity index (χ1n) is 3.37. The SMILES string of the molecule is O=S1(=O)N=Cc2c(Br)cccc2O1. The number of benzene rings is 1. The normalized spacial score (nSPS) is 17.6. The van der Waals surface area contributed by atoms with Crippen LogP contribution in [0.3, 0.4) is 0 Å². The zero-order valence-corrected chi connectivity index (χ0v) is 8.67. The van der Waals surface area contributed by atoms with Crippen molar-refractivity contribution in [2.24, 2.45) is 4.40 Å². The largest absolute Gasteiger partial charge is 0.428 e. The minimum absolute atomic E-state index is 0.296. The Balaban J connectivity index is 2.65. The smallest absolute Gasteiger partial charge is 0.365 e. The summed E-state index contributed by atoms with van der Waals surface area (Å²) in [5.74, 6) is 0.296. The van der Waals surface area contributed by atoms with Gasteiger partial charge in [0.05, 0.1) is 11.8 Å². The Morgan fingerprint density at radius 2 is 2.15 bits per heavy atom. The van der Waals surface area contributed by atoms with E-state index in [0.717, 1.165) is 4.47 Å². The lowest BCUT2D eigenvalue weighted by Crippen LogP contribution is -2.12. The molecule has 0 saturated carbocycles. The molecule has 68 valence electrons. The Labute approximate surface area is 83.6 Å². The number of nitrogens with zero attached hydrogens (tertiary/aromatic N) is 1. The zero-order valence-electron chi connectivity index (χ0n) is 6.27. The van der Waals surface area contributed by atoms with Crippen molar-refractivity contribution in [3.8, 4) is 5.75 Å². The zero-order chi connectivity index (χ0) is 9.47. The van der Waals surface area contributed by atoms with Crippen LogP contribution >= 0.6 is 15.9 Å². The summed E-state index contributed by atoms with van der Waals surface area (Å²) in [5.41, 5.74) is 0.636. The molecule has 4 nitrogen and oxygen atoms in total. The highest BCUT2D eigenvalue weighted by Crippen LogP contribution is 2.28. The van der Waals surface area contributed by atoms with Crippen LogP contribution in [0.2, 0.25) is 0 Å². The lowest BCUT2D eigenvalue weighted by Gasteiger charge is -2.11. The van der Waals surface area contributed by atoms with Crippen molar-refractivity contribution in [3.05, 3.63) is 28.2 Å². The van der Waals surface area contributed by atoms with Gasteiger partial charge in [0.25, 0.3) is 0 Å². The van der Waals surface area contributed by atoms with Gasteiger partial charge >= 0.3 is 10.3 Å². The van der Waals surface area contributed by atoms with Gasteiger partial charge in [0.2, 0.25) is 0 Å². The molecule has 0 aliphatic carbocycles. The number of halogens is 1. The molecule has 1 aromatic carbocycles. The monoisotopic (exact) mass is 261 g/mol. The molecule has 2 rings (SSSR count). The molecule has 0 saturated heterocycles. The first-order valence-corrected chi connectivity index (χ1v) is 5.52. The predicted octanol–water partition coefficient (Wildman–Crippen LogP) is 1.51. The van der Waals surface area contributed by atoms with Crippen molar-refractivity contribution >= 4 is 32.4 Å². The van der Waals surface area contributed by atoms with Crippen LogP contribution in [0.4, 0.5) is 0 Å². The minimum Gasteiger partial charge on any atom is -0.365 e. The van der Waals surface area contributed by atoms with Crippen molar-refractivity contribution in [3.63, 3.8) is 0 Å². The molecule has 0 spiro atoms. The van der Waals surface area contributed by atoms with Crippen LogP contribution in [-0.4, -0.2) is 14.6 Å². The Hall–Kier alpha value is -0.880. The van der Waals surface area contributed by atoms with Crippen LogP contribution in [0.1, 0.15) is 5.56 Å². The number of rotatable bonds is 0. The molecular weight excluding hydrogens is 258 g/mol. The molecule has 13 heavy (non-hydrogen) atoms. The molecule has 0 fully saturated rings. The molecule has 1 aliphatic rings. The second-order valence-electron chi connectivity index (χ2n) is 2.40. The van der Waals surface area contributed by atoms with Crippen LogP contribution in [0.25, 0.3) is 0 Å². The molecule has 1 heterocycles. The summed E-state index contributed by atoms with van der Waals surface area (Å²) in [4.78, 5) is 0. The Morgan fingerprint density at radius 3 is 2.92 bits per heavy atom. The number of fused-ring (bicyclic) bond motifs is 1. The van der Waals surface area contributed by atoms with Crippen molar-refractivity contribution in [2.45, 2.75) is 0 Å². The summed E-state index contributed by atoms with van der Waals surface area (Å²) in [6.07, 6.45) is 1.26. The standard InChI is InChI=1S/C7H4BrNO3S/c8-6-2-1-3-7-5(6)4-9-13(10,11)12-7/h1-4H. The first-order chi connectivity index (χ1) is 6.08. The van der Waals surface area contributed by atoms with E-state index in [9.17, 15) is 8.42 Å². The summed E-state index contributed by atoms with van der Waals surface area (Å²) in [6.45, 7) is 0. The molecule has 0 N–H and O–H groups in total. The quantitative estimate of drug-likeness (QED) is 0.712. The van der Waals surface area contributed by atoms with Crippen molar-refractivity contribution < 1.29 is 12.6 Å². The average Bonchev–Trinajstić information content (AvgIpc) is 2.02. The Bertz CT molecular complexity index is 481. The molecule has 0 aromatic heterocycles. The molecular formula is C7H4BrNO3S. The molecule has 1 aromatic rings. The Kier molecular flexibility index (Phi) is 1.88. The van der Waals surface area contributed by atoms with E-state index >= 15 is 0 Å². The molecule has 6 heteroatoms. The van der Waals surface area contributed by atoms with Crippen LogP contribution in [0, 0.1) is 0 Å². The highest BCUT2D eigenvalue weighted by atomic mass is 79.9. The van der Waals surface area contributed by atoms with E-state index in [1.54, 1.807) is 18.2 Å². The number of hydrogen-bond acceptors (Lipinski definition) is 3. The van der Waals surface area contributed by atoms with Crippen molar-refractivity contribution in [2.75, 3.05) is 0 Å². The van der Waals surface area contributed by atoms with Crippen molar-refractivity contribution in [1.29, 1.82) is 0 Å². The van der Waals surface area contributed by atoms with E-state index in [4.69, 9.17) is 0 Å². The van der Waals surface area contributed by atoms with Crippen LogP contribution in [0.5, 0.6) is 5.75 Å². The molecule has 0 bridgehead atoms. The van der Waals surface area contributed by atoms with Gasteiger partial charge in [-0.1, -0.05) is 6.07 Å². The first kappa shape index (κ1) is 8.71. The van der Waals surface area contributed by atoms with E-state index in [1.165, 1.54) is 6.21 Å². The fourth-order valence-corrected chi connectivity index (χ4v) is 2.07. The third-order valence-electron chi connectivity index (χ3n) is 1.52. The second-order valence-corrected chi connectivity index (χ2v) is 4.48. The van der Waals surface area contributed by atoms with Gasteiger partial charge in [-0.15, -0.1) is 4.40 Å². The molecule has 0 unspecified atom stereocenters. The molecule has 0 atom stereocenters. The van der Waals surface area contributed by atoms with E-state index in [1.807, 2.05) is 0 Å². The summed E-state index contributed by atoms with van der Waals surface area (Å²) in [6, 6.07) is 5.05. The summed E-state index contributed by atoms with van der Waals surface area (Å²) in [7, 11) is -3.76. The van der Waals surface area contributed by atoms with Gasteiger partial charge < -0.3 is 4.18 Å². The van der Waals surface area contributed by atoms with E-state index in [2.05, 4.69) is 24.5 Å². The number of hydrogen-bond donors (Lipinski definition) is 0. The average molecular weight is 262 g/mol. The maximum atomic E-state index is 10.9. The Morgan fingerprint density at radius 1 is 1.38 bits per heavy atom. The maximum absolute atomic E-state index is 10.9. The van der Waals surface area contributed by atoms with Gasteiger partial charge in [-0.2, -0.15) is 8.42 Å². The summed E-state index contributed by atoms with van der Waals surface area (Å²) < 4.78 is 30.4. The van der Waals surface area contributed by atoms with E-state index in [0.29, 0.717) is 11.3 Å². The van der Waals surface area contributed by atoms with E-state index < -0.39 is 10.3 Å².